The first-order chi connectivity index (χ1) is 9.22. The van der Waals surface area contributed by atoms with Gasteiger partial charge in [0.2, 0.25) is 0 Å². The van der Waals surface area contributed by atoms with Gasteiger partial charge in [0, 0.05) is 11.8 Å². The molecule has 0 N–H and O–H groups in total. The number of ether oxygens (including phenoxy) is 2. The molecule has 0 aliphatic heterocycles. The van der Waals surface area contributed by atoms with Crippen LogP contribution in [0.15, 0.2) is 48.7 Å². The van der Waals surface area contributed by atoms with Crippen LogP contribution in [0.3, 0.4) is 0 Å². The number of esters is 1. The zero-order valence-corrected chi connectivity index (χ0v) is 10.9. The first-order valence-corrected chi connectivity index (χ1v) is 5.97. The summed E-state index contributed by atoms with van der Waals surface area (Å²) in [4.78, 5) is 15.9. The van der Waals surface area contributed by atoms with Crippen molar-refractivity contribution in [3.8, 4) is 5.75 Å². The number of carbonyl (C=O) groups excluding carboxylic acids is 1. The Kier molecular flexibility index (Phi) is 4.13. The Labute approximate surface area is 112 Å². The number of para-hydroxylation sites is 1. The van der Waals surface area contributed by atoms with Crippen molar-refractivity contribution in [2.45, 2.75) is 13.0 Å². The minimum absolute atomic E-state index is 0.296. The highest BCUT2D eigenvalue weighted by Gasteiger charge is 2.17. The molecule has 0 spiro atoms. The lowest BCUT2D eigenvalue weighted by Gasteiger charge is -2.16. The molecule has 1 aromatic heterocycles. The molecule has 0 saturated heterocycles. The normalized spacial score (nSPS) is 11.7. The lowest BCUT2D eigenvalue weighted by atomic mass is 10.1. The molecule has 2 aromatic rings. The summed E-state index contributed by atoms with van der Waals surface area (Å²) in [5.74, 6) is 0.253. The molecule has 0 aliphatic carbocycles. The summed E-state index contributed by atoms with van der Waals surface area (Å²) in [6.07, 6.45) is 1.16. The Morgan fingerprint density at radius 1 is 1.16 bits per heavy atom. The summed E-state index contributed by atoms with van der Waals surface area (Å²) in [6, 6.07) is 12.6. The van der Waals surface area contributed by atoms with Crippen molar-refractivity contribution in [1.82, 2.24) is 4.98 Å². The molecule has 1 unspecified atom stereocenters. The number of pyridine rings is 1. The van der Waals surface area contributed by atoms with Crippen molar-refractivity contribution >= 4 is 5.97 Å². The van der Waals surface area contributed by atoms with E-state index in [0.29, 0.717) is 11.4 Å². The molecule has 1 atom stereocenters. The summed E-state index contributed by atoms with van der Waals surface area (Å²) in [6.45, 7) is 1.80. The van der Waals surface area contributed by atoms with Gasteiger partial charge in [-0.05, 0) is 25.1 Å². The number of hydrogen-bond acceptors (Lipinski definition) is 4. The number of carbonyl (C=O) groups is 1. The van der Waals surface area contributed by atoms with Gasteiger partial charge >= 0.3 is 5.97 Å². The zero-order valence-electron chi connectivity index (χ0n) is 10.9. The van der Waals surface area contributed by atoms with E-state index in [1.807, 2.05) is 24.3 Å². The van der Waals surface area contributed by atoms with E-state index < -0.39 is 12.1 Å². The second-order valence-corrected chi connectivity index (χ2v) is 4.00. The maximum absolute atomic E-state index is 11.9. The molecule has 4 heteroatoms. The van der Waals surface area contributed by atoms with Gasteiger partial charge in [-0.15, -0.1) is 0 Å². The summed E-state index contributed by atoms with van der Waals surface area (Å²) >= 11 is 0. The molecule has 0 saturated carbocycles. The zero-order chi connectivity index (χ0) is 13.7. The predicted octanol–water partition coefficient (Wildman–Crippen LogP) is 3.01. The smallest absolute Gasteiger partial charge is 0.357 e. The second kappa shape index (κ2) is 6.00. The highest BCUT2D eigenvalue weighted by Crippen LogP contribution is 2.27. The van der Waals surface area contributed by atoms with Crippen LogP contribution in [0.2, 0.25) is 0 Å². The fraction of sp³-hybridized carbons (Fsp3) is 0.200. The molecule has 98 valence electrons. The fourth-order valence-electron chi connectivity index (χ4n) is 1.77. The van der Waals surface area contributed by atoms with Gasteiger partial charge in [-0.2, -0.15) is 0 Å². The van der Waals surface area contributed by atoms with Gasteiger partial charge in [-0.1, -0.05) is 24.3 Å². The van der Waals surface area contributed by atoms with Crippen molar-refractivity contribution in [3.05, 3.63) is 59.9 Å². The third-order valence-corrected chi connectivity index (χ3v) is 2.73. The topological polar surface area (TPSA) is 48.4 Å². The number of hydrogen-bond donors (Lipinski definition) is 0. The molecule has 2 rings (SSSR count). The highest BCUT2D eigenvalue weighted by molar-refractivity contribution is 5.87. The van der Waals surface area contributed by atoms with E-state index >= 15 is 0 Å². The molecule has 1 aromatic carbocycles. The lowest BCUT2D eigenvalue weighted by molar-refractivity contribution is 0.0326. The summed E-state index contributed by atoms with van der Waals surface area (Å²) in [5, 5.41) is 0. The summed E-state index contributed by atoms with van der Waals surface area (Å²) < 4.78 is 10.6. The minimum Gasteiger partial charge on any atom is -0.496 e. The Balaban J connectivity index is 2.13. The van der Waals surface area contributed by atoms with Gasteiger partial charge in [0.25, 0.3) is 0 Å². The van der Waals surface area contributed by atoms with Crippen molar-refractivity contribution < 1.29 is 14.3 Å². The molecule has 0 aliphatic rings. The van der Waals surface area contributed by atoms with E-state index in [-0.39, 0.29) is 0 Å². The Hall–Kier alpha value is -2.36. The number of methoxy groups -OCH3 is 1. The number of benzene rings is 1. The van der Waals surface area contributed by atoms with Crippen LogP contribution in [0.4, 0.5) is 0 Å². The summed E-state index contributed by atoms with van der Waals surface area (Å²) in [7, 11) is 1.59. The standard InChI is InChI=1S/C15H15NO3/c1-11(12-7-3-4-9-14(12)18-2)19-15(17)13-8-5-6-10-16-13/h3-11H,1-2H3. The Morgan fingerprint density at radius 2 is 1.89 bits per heavy atom. The predicted molar refractivity (Wildman–Crippen MR) is 71.1 cm³/mol. The van der Waals surface area contributed by atoms with E-state index in [2.05, 4.69) is 4.98 Å². The van der Waals surface area contributed by atoms with Gasteiger partial charge in [0.15, 0.2) is 0 Å². The van der Waals surface area contributed by atoms with Gasteiger partial charge in [-0.3, -0.25) is 0 Å². The van der Waals surface area contributed by atoms with E-state index in [9.17, 15) is 4.79 Å². The molecule has 4 nitrogen and oxygen atoms in total. The largest absolute Gasteiger partial charge is 0.496 e. The van der Waals surface area contributed by atoms with Crippen LogP contribution in [-0.2, 0) is 4.74 Å². The average molecular weight is 257 g/mol. The van der Waals surface area contributed by atoms with Gasteiger partial charge in [0.05, 0.1) is 7.11 Å². The minimum atomic E-state index is -0.445. The van der Waals surface area contributed by atoms with Gasteiger partial charge in [-0.25, -0.2) is 9.78 Å². The van der Waals surface area contributed by atoms with Crippen molar-refractivity contribution in [1.29, 1.82) is 0 Å². The van der Waals surface area contributed by atoms with Crippen LogP contribution in [0.1, 0.15) is 29.1 Å². The molecule has 0 bridgehead atoms. The number of aromatic nitrogens is 1. The lowest BCUT2D eigenvalue weighted by Crippen LogP contribution is -2.11. The van der Waals surface area contributed by atoms with Crippen LogP contribution >= 0.6 is 0 Å². The molecular weight excluding hydrogens is 242 g/mol. The van der Waals surface area contributed by atoms with Crippen molar-refractivity contribution in [2.75, 3.05) is 7.11 Å². The van der Waals surface area contributed by atoms with E-state index in [4.69, 9.17) is 9.47 Å². The Morgan fingerprint density at radius 3 is 2.58 bits per heavy atom. The van der Waals surface area contributed by atoms with Crippen LogP contribution in [0.25, 0.3) is 0 Å². The summed E-state index contributed by atoms with van der Waals surface area (Å²) in [5.41, 5.74) is 1.12. The first kappa shape index (κ1) is 13.1. The quantitative estimate of drug-likeness (QED) is 0.790. The SMILES string of the molecule is COc1ccccc1C(C)OC(=O)c1ccccn1. The van der Waals surface area contributed by atoms with Crippen LogP contribution in [-0.4, -0.2) is 18.1 Å². The van der Waals surface area contributed by atoms with E-state index in [1.165, 1.54) is 0 Å². The second-order valence-electron chi connectivity index (χ2n) is 4.00. The molecule has 0 fully saturated rings. The van der Waals surface area contributed by atoms with Gasteiger partial charge < -0.3 is 9.47 Å². The molecule has 0 amide bonds. The number of nitrogens with zero attached hydrogens (tertiary/aromatic N) is 1. The van der Waals surface area contributed by atoms with Gasteiger partial charge in [0.1, 0.15) is 17.5 Å². The van der Waals surface area contributed by atoms with Crippen LogP contribution in [0, 0.1) is 0 Å². The molecular formula is C15H15NO3. The maximum Gasteiger partial charge on any atom is 0.357 e. The molecule has 0 radical (unpaired) electrons. The van der Waals surface area contributed by atoms with Crippen molar-refractivity contribution in [2.24, 2.45) is 0 Å². The average Bonchev–Trinajstić information content (AvgIpc) is 2.48. The van der Waals surface area contributed by atoms with Crippen LogP contribution < -0.4 is 4.74 Å². The monoisotopic (exact) mass is 257 g/mol. The van der Waals surface area contributed by atoms with Crippen molar-refractivity contribution in [3.63, 3.8) is 0 Å². The third-order valence-electron chi connectivity index (χ3n) is 2.73. The first-order valence-electron chi connectivity index (χ1n) is 5.97. The maximum atomic E-state index is 11.9. The number of rotatable bonds is 4. The van der Waals surface area contributed by atoms with E-state index in [0.717, 1.165) is 5.56 Å². The fourth-order valence-corrected chi connectivity index (χ4v) is 1.77. The van der Waals surface area contributed by atoms with Crippen LogP contribution in [0.5, 0.6) is 5.75 Å². The Bertz CT molecular complexity index is 554. The van der Waals surface area contributed by atoms with E-state index in [1.54, 1.807) is 38.4 Å². The third kappa shape index (κ3) is 3.10. The molecule has 19 heavy (non-hydrogen) atoms. The molecule has 1 heterocycles. The highest BCUT2D eigenvalue weighted by atomic mass is 16.5.